The number of hydrogen-bond donors (Lipinski definition) is 2. The lowest BCUT2D eigenvalue weighted by atomic mass is 10.1. The van der Waals surface area contributed by atoms with E-state index >= 15 is 0 Å². The number of ether oxygens (including phenoxy) is 1. The fourth-order valence-electron chi connectivity index (χ4n) is 2.07. The number of benzene rings is 1. The Morgan fingerprint density at radius 1 is 1.25 bits per heavy atom. The number of carbonyl (C=O) groups excluding carboxylic acids is 1. The average molecular weight is 369 g/mol. The largest absolute Gasteiger partial charge is 0.491 e. The first kappa shape index (κ1) is 22.5. The van der Waals surface area contributed by atoms with E-state index in [0.29, 0.717) is 6.54 Å². The second-order valence-electron chi connectivity index (χ2n) is 5.66. The quantitative estimate of drug-likeness (QED) is 0.775. The molecule has 138 valence electrons. The van der Waals surface area contributed by atoms with Crippen LogP contribution in [0, 0.1) is 5.92 Å². The topological polar surface area (TPSA) is 50.4 Å². The third-order valence-corrected chi connectivity index (χ3v) is 3.17. The predicted octanol–water partition coefficient (Wildman–Crippen LogP) is 3.39. The van der Waals surface area contributed by atoms with Crippen molar-refractivity contribution in [3.8, 4) is 5.75 Å². The van der Waals surface area contributed by atoms with Crippen LogP contribution in [0.25, 0.3) is 0 Å². The zero-order valence-corrected chi connectivity index (χ0v) is 15.0. The molecule has 0 saturated carbocycles. The summed E-state index contributed by atoms with van der Waals surface area (Å²) < 4.78 is 44.9. The Balaban J connectivity index is 0.00000529. The van der Waals surface area contributed by atoms with E-state index in [9.17, 15) is 18.0 Å². The molecule has 1 rings (SSSR count). The van der Waals surface area contributed by atoms with Crippen LogP contribution < -0.4 is 15.4 Å². The van der Waals surface area contributed by atoms with E-state index in [0.717, 1.165) is 6.07 Å². The first-order valence-corrected chi connectivity index (χ1v) is 7.44. The van der Waals surface area contributed by atoms with E-state index in [-0.39, 0.29) is 48.2 Å². The van der Waals surface area contributed by atoms with E-state index in [1.54, 1.807) is 27.8 Å². The first-order chi connectivity index (χ1) is 10.6. The third-order valence-electron chi connectivity index (χ3n) is 3.17. The second kappa shape index (κ2) is 9.74. The normalized spacial score (nSPS) is 12.5. The average Bonchev–Trinajstić information content (AvgIpc) is 2.44. The van der Waals surface area contributed by atoms with Crippen molar-refractivity contribution < 1.29 is 22.7 Å². The Morgan fingerprint density at radius 2 is 1.88 bits per heavy atom. The Kier molecular flexibility index (Phi) is 9.14. The van der Waals surface area contributed by atoms with Crippen molar-refractivity contribution in [2.75, 3.05) is 13.6 Å². The minimum atomic E-state index is -4.51. The number of rotatable bonds is 7. The molecule has 0 bridgehead atoms. The number of halogens is 4. The molecule has 2 N–H and O–H groups in total. The van der Waals surface area contributed by atoms with Crippen molar-refractivity contribution in [1.29, 1.82) is 0 Å². The first-order valence-electron chi connectivity index (χ1n) is 7.44. The van der Waals surface area contributed by atoms with Gasteiger partial charge in [-0.25, -0.2) is 0 Å². The minimum Gasteiger partial charge on any atom is -0.491 e. The van der Waals surface area contributed by atoms with Crippen LogP contribution in [-0.2, 0) is 17.5 Å². The van der Waals surface area contributed by atoms with E-state index < -0.39 is 11.7 Å². The van der Waals surface area contributed by atoms with Gasteiger partial charge in [-0.15, -0.1) is 12.4 Å². The van der Waals surface area contributed by atoms with Gasteiger partial charge in [0, 0.05) is 19.0 Å². The summed E-state index contributed by atoms with van der Waals surface area (Å²) in [6.07, 6.45) is -4.73. The van der Waals surface area contributed by atoms with Gasteiger partial charge in [0.25, 0.3) is 0 Å². The van der Waals surface area contributed by atoms with Crippen LogP contribution in [0.4, 0.5) is 13.2 Å². The van der Waals surface area contributed by atoms with Gasteiger partial charge in [0.2, 0.25) is 5.91 Å². The molecule has 0 aliphatic heterocycles. The van der Waals surface area contributed by atoms with Gasteiger partial charge in [-0.3, -0.25) is 4.79 Å². The summed E-state index contributed by atoms with van der Waals surface area (Å²) in [5, 5.41) is 5.39. The van der Waals surface area contributed by atoms with E-state index in [2.05, 4.69) is 10.6 Å². The molecule has 0 radical (unpaired) electrons. The molecule has 1 amide bonds. The minimum absolute atomic E-state index is 0. The molecule has 1 atom stereocenters. The highest BCUT2D eigenvalue weighted by Crippen LogP contribution is 2.34. The molecule has 0 aliphatic rings. The summed E-state index contributed by atoms with van der Waals surface area (Å²) in [6.45, 7) is 5.47. The van der Waals surface area contributed by atoms with Crippen LogP contribution >= 0.6 is 12.4 Å². The summed E-state index contributed by atoms with van der Waals surface area (Å²) >= 11 is 0. The van der Waals surface area contributed by atoms with Crippen LogP contribution in [0.2, 0.25) is 0 Å². The Bertz CT molecular complexity index is 537. The number of alkyl halides is 3. The van der Waals surface area contributed by atoms with Gasteiger partial charge >= 0.3 is 6.18 Å². The molecule has 0 fully saturated rings. The molecule has 0 spiro atoms. The highest BCUT2D eigenvalue weighted by atomic mass is 35.5. The maximum atomic E-state index is 13.2. The molecule has 0 aromatic heterocycles. The summed E-state index contributed by atoms with van der Waals surface area (Å²) in [6, 6.07) is 3.79. The summed E-state index contributed by atoms with van der Waals surface area (Å²) in [4.78, 5) is 11.8. The van der Waals surface area contributed by atoms with Gasteiger partial charge in [-0.1, -0.05) is 13.0 Å². The summed E-state index contributed by atoms with van der Waals surface area (Å²) in [5.41, 5.74) is -0.782. The fraction of sp³-hybridized carbons (Fsp3) is 0.562. The van der Waals surface area contributed by atoms with Crippen molar-refractivity contribution in [3.05, 3.63) is 29.3 Å². The third kappa shape index (κ3) is 6.97. The molecule has 0 aliphatic carbocycles. The molecule has 1 aromatic carbocycles. The standard InChI is InChI=1S/C16H23F3N2O2.ClH/c1-10(2)23-13-6-5-12(14(7-13)16(17,18)19)9-21-15(22)11(3)8-20-4;/h5-7,10-11,20H,8-9H2,1-4H3,(H,21,22);1H. The van der Waals surface area contributed by atoms with Gasteiger partial charge in [0.15, 0.2) is 0 Å². The van der Waals surface area contributed by atoms with Crippen LogP contribution in [-0.4, -0.2) is 25.6 Å². The lowest BCUT2D eigenvalue weighted by molar-refractivity contribution is -0.138. The Hall–Kier alpha value is -1.47. The van der Waals surface area contributed by atoms with Crippen molar-refractivity contribution in [1.82, 2.24) is 10.6 Å². The number of amides is 1. The van der Waals surface area contributed by atoms with Crippen molar-refractivity contribution in [2.45, 2.75) is 39.6 Å². The Labute approximate surface area is 146 Å². The van der Waals surface area contributed by atoms with Crippen LogP contribution in [0.1, 0.15) is 31.9 Å². The van der Waals surface area contributed by atoms with Crippen molar-refractivity contribution >= 4 is 18.3 Å². The number of carbonyl (C=O) groups is 1. The number of hydrogen-bond acceptors (Lipinski definition) is 3. The zero-order valence-electron chi connectivity index (χ0n) is 14.2. The smallest absolute Gasteiger partial charge is 0.416 e. The van der Waals surface area contributed by atoms with Crippen LogP contribution in [0.5, 0.6) is 5.75 Å². The van der Waals surface area contributed by atoms with Crippen molar-refractivity contribution in [2.24, 2.45) is 5.92 Å². The van der Waals surface area contributed by atoms with Gasteiger partial charge in [0.1, 0.15) is 5.75 Å². The maximum Gasteiger partial charge on any atom is 0.416 e. The fourth-order valence-corrected chi connectivity index (χ4v) is 2.07. The highest BCUT2D eigenvalue weighted by Gasteiger charge is 2.34. The van der Waals surface area contributed by atoms with Gasteiger partial charge in [-0.05, 0) is 38.6 Å². The molecular formula is C16H24ClF3N2O2. The van der Waals surface area contributed by atoms with E-state index in [4.69, 9.17) is 4.74 Å². The van der Waals surface area contributed by atoms with Gasteiger partial charge in [0.05, 0.1) is 11.7 Å². The molecular weight excluding hydrogens is 345 g/mol. The molecule has 24 heavy (non-hydrogen) atoms. The van der Waals surface area contributed by atoms with Gasteiger partial charge in [-0.2, -0.15) is 13.2 Å². The van der Waals surface area contributed by atoms with E-state index in [1.165, 1.54) is 12.1 Å². The maximum absolute atomic E-state index is 13.2. The monoisotopic (exact) mass is 368 g/mol. The van der Waals surface area contributed by atoms with Crippen molar-refractivity contribution in [3.63, 3.8) is 0 Å². The molecule has 1 aromatic rings. The summed E-state index contributed by atoms with van der Waals surface area (Å²) in [7, 11) is 1.71. The lowest BCUT2D eigenvalue weighted by Crippen LogP contribution is -2.34. The molecule has 0 saturated heterocycles. The predicted molar refractivity (Wildman–Crippen MR) is 89.4 cm³/mol. The lowest BCUT2D eigenvalue weighted by Gasteiger charge is -2.17. The summed E-state index contributed by atoms with van der Waals surface area (Å²) in [5.74, 6) is -0.459. The number of nitrogens with one attached hydrogen (secondary N) is 2. The second-order valence-corrected chi connectivity index (χ2v) is 5.66. The molecule has 8 heteroatoms. The molecule has 1 unspecified atom stereocenters. The van der Waals surface area contributed by atoms with Crippen LogP contribution in [0.15, 0.2) is 18.2 Å². The van der Waals surface area contributed by atoms with E-state index in [1.807, 2.05) is 0 Å². The SMILES string of the molecule is CNCC(C)C(=O)NCc1ccc(OC(C)C)cc1C(F)(F)F.Cl. The van der Waals surface area contributed by atoms with Gasteiger partial charge < -0.3 is 15.4 Å². The van der Waals surface area contributed by atoms with Crippen LogP contribution in [0.3, 0.4) is 0 Å². The Morgan fingerprint density at radius 3 is 2.38 bits per heavy atom. The molecule has 0 heterocycles. The zero-order chi connectivity index (χ0) is 17.6. The highest BCUT2D eigenvalue weighted by molar-refractivity contribution is 5.85. The molecule has 4 nitrogen and oxygen atoms in total.